The first-order valence-electron chi connectivity index (χ1n) is 7.48. The zero-order valence-corrected chi connectivity index (χ0v) is 14.4. The molecule has 0 aromatic heterocycles. The molecule has 0 fully saturated rings. The van der Waals surface area contributed by atoms with Gasteiger partial charge in [0.25, 0.3) is 10.0 Å². The Labute approximate surface area is 142 Å². The first-order chi connectivity index (χ1) is 11.6. The molecule has 128 valence electrons. The van der Waals surface area contributed by atoms with E-state index in [1.54, 1.807) is 43.5 Å². The van der Waals surface area contributed by atoms with Crippen LogP contribution in [-0.4, -0.2) is 28.3 Å². The molecule has 0 bridgehead atoms. The molecule has 0 aliphatic carbocycles. The Morgan fingerprint density at radius 1 is 1.12 bits per heavy atom. The molecule has 2 aromatic carbocycles. The third-order valence-electron chi connectivity index (χ3n) is 3.11. The molecular weight excluding hydrogens is 328 g/mol. The van der Waals surface area contributed by atoms with E-state index in [1.165, 1.54) is 18.3 Å². The van der Waals surface area contributed by atoms with E-state index in [9.17, 15) is 8.42 Å². The number of benzene rings is 2. The number of nitrogens with one attached hydrogen (secondary N) is 1. The fraction of sp³-hybridized carbons (Fsp3) is 0.235. The molecule has 0 saturated heterocycles. The highest BCUT2D eigenvalue weighted by molar-refractivity contribution is 7.89. The van der Waals surface area contributed by atoms with Gasteiger partial charge in [0.05, 0.1) is 24.8 Å². The van der Waals surface area contributed by atoms with E-state index in [4.69, 9.17) is 9.47 Å². The van der Waals surface area contributed by atoms with Crippen LogP contribution in [0.25, 0.3) is 0 Å². The van der Waals surface area contributed by atoms with Gasteiger partial charge in [-0.1, -0.05) is 31.2 Å². The lowest BCUT2D eigenvalue weighted by Crippen LogP contribution is -2.18. The molecule has 7 heteroatoms. The van der Waals surface area contributed by atoms with E-state index in [-0.39, 0.29) is 4.90 Å². The second-order valence-corrected chi connectivity index (χ2v) is 6.55. The van der Waals surface area contributed by atoms with Crippen molar-refractivity contribution in [1.82, 2.24) is 4.83 Å². The van der Waals surface area contributed by atoms with Crippen LogP contribution < -0.4 is 14.3 Å². The van der Waals surface area contributed by atoms with Crippen LogP contribution in [0.4, 0.5) is 0 Å². The average Bonchev–Trinajstić information content (AvgIpc) is 2.61. The number of sulfonamides is 1. The summed E-state index contributed by atoms with van der Waals surface area (Å²) in [6.45, 7) is 2.52. The lowest BCUT2D eigenvalue weighted by Gasteiger charge is -2.12. The van der Waals surface area contributed by atoms with Crippen molar-refractivity contribution in [3.63, 3.8) is 0 Å². The second-order valence-electron chi connectivity index (χ2n) is 4.89. The topological polar surface area (TPSA) is 77.0 Å². The Morgan fingerprint density at radius 3 is 2.54 bits per heavy atom. The van der Waals surface area contributed by atoms with Crippen LogP contribution >= 0.6 is 0 Å². The maximum atomic E-state index is 12.1. The van der Waals surface area contributed by atoms with E-state index < -0.39 is 10.0 Å². The van der Waals surface area contributed by atoms with Crippen LogP contribution in [0.3, 0.4) is 0 Å². The predicted octanol–water partition coefficient (Wildman–Crippen LogP) is 2.80. The molecule has 6 nitrogen and oxygen atoms in total. The largest absolute Gasteiger partial charge is 0.493 e. The number of hydrogen-bond acceptors (Lipinski definition) is 5. The molecule has 0 spiro atoms. The highest BCUT2D eigenvalue weighted by Gasteiger charge is 2.12. The van der Waals surface area contributed by atoms with Gasteiger partial charge in [-0.3, -0.25) is 0 Å². The molecule has 0 amide bonds. The first kappa shape index (κ1) is 17.8. The van der Waals surface area contributed by atoms with E-state index in [0.29, 0.717) is 23.7 Å². The summed E-state index contributed by atoms with van der Waals surface area (Å²) in [6.07, 6.45) is 2.24. The lowest BCUT2D eigenvalue weighted by molar-refractivity contribution is 0.294. The smallest absolute Gasteiger partial charge is 0.276 e. The van der Waals surface area contributed by atoms with Gasteiger partial charge in [0.1, 0.15) is 0 Å². The maximum Gasteiger partial charge on any atom is 0.276 e. The summed E-state index contributed by atoms with van der Waals surface area (Å²) < 4.78 is 35.2. The summed E-state index contributed by atoms with van der Waals surface area (Å²) in [5.74, 6) is 1.10. The highest BCUT2D eigenvalue weighted by Crippen LogP contribution is 2.30. The summed E-state index contributed by atoms with van der Waals surface area (Å²) in [6, 6.07) is 13.4. The lowest BCUT2D eigenvalue weighted by atomic mass is 10.2. The number of methoxy groups -OCH3 is 1. The normalized spacial score (nSPS) is 11.4. The highest BCUT2D eigenvalue weighted by atomic mass is 32.2. The zero-order valence-electron chi connectivity index (χ0n) is 13.6. The summed E-state index contributed by atoms with van der Waals surface area (Å²) in [4.78, 5) is 2.34. The van der Waals surface area contributed by atoms with Crippen molar-refractivity contribution in [2.45, 2.75) is 18.2 Å². The van der Waals surface area contributed by atoms with Gasteiger partial charge in [-0.05, 0) is 30.7 Å². The van der Waals surface area contributed by atoms with Gasteiger partial charge in [0, 0.05) is 5.56 Å². The molecule has 2 aromatic rings. The van der Waals surface area contributed by atoms with Gasteiger partial charge in [-0.25, -0.2) is 4.83 Å². The maximum absolute atomic E-state index is 12.1. The minimum atomic E-state index is -3.70. The van der Waals surface area contributed by atoms with Gasteiger partial charge < -0.3 is 9.47 Å². The SMILES string of the molecule is CCCOc1c(/C=N/NS(=O)(=O)c2ccccc2)cccc1OC. The zero-order chi connectivity index (χ0) is 17.4. The fourth-order valence-electron chi connectivity index (χ4n) is 1.97. The first-order valence-corrected chi connectivity index (χ1v) is 8.96. The molecule has 0 aliphatic rings. The number of ether oxygens (including phenoxy) is 2. The van der Waals surface area contributed by atoms with E-state index in [1.807, 2.05) is 6.92 Å². The van der Waals surface area contributed by atoms with Crippen molar-refractivity contribution >= 4 is 16.2 Å². The molecule has 0 aliphatic heterocycles. The molecule has 0 unspecified atom stereocenters. The van der Waals surface area contributed by atoms with Gasteiger partial charge in [0.15, 0.2) is 11.5 Å². The van der Waals surface area contributed by atoms with E-state index in [2.05, 4.69) is 9.93 Å². The molecule has 0 atom stereocenters. The third-order valence-corrected chi connectivity index (χ3v) is 4.35. The van der Waals surface area contributed by atoms with Crippen molar-refractivity contribution < 1.29 is 17.9 Å². The van der Waals surface area contributed by atoms with Gasteiger partial charge in [-0.15, -0.1) is 0 Å². The van der Waals surface area contributed by atoms with Crippen LogP contribution in [0, 0.1) is 0 Å². The summed E-state index contributed by atoms with van der Waals surface area (Å²) in [7, 11) is -2.15. The van der Waals surface area contributed by atoms with Crippen LogP contribution in [0.2, 0.25) is 0 Å². The summed E-state index contributed by atoms with van der Waals surface area (Å²) in [5, 5.41) is 3.84. The van der Waals surface area contributed by atoms with E-state index in [0.717, 1.165) is 6.42 Å². The van der Waals surface area contributed by atoms with Gasteiger partial charge in [0.2, 0.25) is 0 Å². The van der Waals surface area contributed by atoms with Crippen LogP contribution in [0.1, 0.15) is 18.9 Å². The van der Waals surface area contributed by atoms with E-state index >= 15 is 0 Å². The Bertz CT molecular complexity index is 789. The number of rotatable bonds is 8. The fourth-order valence-corrected chi connectivity index (χ4v) is 2.78. The Balaban J connectivity index is 2.20. The number of hydrogen-bond donors (Lipinski definition) is 1. The summed E-state index contributed by atoms with van der Waals surface area (Å²) >= 11 is 0. The average molecular weight is 348 g/mol. The van der Waals surface area contributed by atoms with Crippen LogP contribution in [-0.2, 0) is 10.0 Å². The van der Waals surface area contributed by atoms with Crippen molar-refractivity contribution in [1.29, 1.82) is 0 Å². The summed E-state index contributed by atoms with van der Waals surface area (Å²) in [5.41, 5.74) is 0.624. The Morgan fingerprint density at radius 2 is 1.88 bits per heavy atom. The standard InChI is InChI=1S/C17H20N2O4S/c1-3-12-23-17-14(8-7-11-16(17)22-2)13-18-19-24(20,21)15-9-5-4-6-10-15/h4-11,13,19H,3,12H2,1-2H3/b18-13+. The van der Waals surface area contributed by atoms with Crippen LogP contribution in [0.5, 0.6) is 11.5 Å². The minimum Gasteiger partial charge on any atom is -0.493 e. The number of nitrogens with zero attached hydrogens (tertiary/aromatic N) is 1. The Hall–Kier alpha value is -2.54. The van der Waals surface area contributed by atoms with Gasteiger partial charge in [-0.2, -0.15) is 13.5 Å². The molecule has 24 heavy (non-hydrogen) atoms. The molecule has 0 saturated carbocycles. The quantitative estimate of drug-likeness (QED) is 0.588. The van der Waals surface area contributed by atoms with Crippen molar-refractivity contribution in [2.75, 3.05) is 13.7 Å². The predicted molar refractivity (Wildman–Crippen MR) is 93.1 cm³/mol. The monoisotopic (exact) mass is 348 g/mol. The van der Waals surface area contributed by atoms with Gasteiger partial charge >= 0.3 is 0 Å². The number of para-hydroxylation sites is 1. The van der Waals surface area contributed by atoms with Crippen LogP contribution in [0.15, 0.2) is 58.5 Å². The molecule has 0 heterocycles. The Kier molecular flexibility index (Phi) is 6.20. The molecular formula is C17H20N2O4S. The molecule has 2 rings (SSSR count). The van der Waals surface area contributed by atoms with Crippen molar-refractivity contribution in [3.05, 3.63) is 54.1 Å². The number of hydrazone groups is 1. The molecule has 0 radical (unpaired) electrons. The second kappa shape index (κ2) is 8.35. The minimum absolute atomic E-state index is 0.148. The van der Waals surface area contributed by atoms with Crippen molar-refractivity contribution in [2.24, 2.45) is 5.10 Å². The van der Waals surface area contributed by atoms with Crippen molar-refractivity contribution in [3.8, 4) is 11.5 Å². The third kappa shape index (κ3) is 4.48. The molecule has 1 N–H and O–H groups in total.